The van der Waals surface area contributed by atoms with E-state index in [1.807, 2.05) is 13.8 Å². The Morgan fingerprint density at radius 1 is 1.56 bits per heavy atom. The lowest BCUT2D eigenvalue weighted by Gasteiger charge is -2.29. The van der Waals surface area contributed by atoms with Crippen molar-refractivity contribution in [1.82, 2.24) is 4.98 Å². The van der Waals surface area contributed by atoms with Crippen molar-refractivity contribution >= 4 is 33.2 Å². The van der Waals surface area contributed by atoms with Crippen molar-refractivity contribution in [2.75, 3.05) is 13.2 Å². The van der Waals surface area contributed by atoms with Gasteiger partial charge in [-0.1, -0.05) is 13.8 Å². The van der Waals surface area contributed by atoms with Crippen LogP contribution < -0.4 is 4.74 Å². The van der Waals surface area contributed by atoms with E-state index in [9.17, 15) is 14.3 Å². The van der Waals surface area contributed by atoms with Crippen molar-refractivity contribution in [3.8, 4) is 17.0 Å². The summed E-state index contributed by atoms with van der Waals surface area (Å²) in [4.78, 5) is 17.0. The number of hydrogen-bond donors (Lipinski definition) is 1. The standard InChI is InChI=1S/C17H17BrFNO4S/c1-4-23-16(21)15-20-13-9-5-10(18)11(19)6-12(9)24-7-17(22,8(2)3)14(13)25-15/h5-6,8,22H,4,7H2,1-3H3. The number of carbonyl (C=O) groups excluding carboxylic acids is 1. The first kappa shape index (κ1) is 18.3. The summed E-state index contributed by atoms with van der Waals surface area (Å²) >= 11 is 4.24. The van der Waals surface area contributed by atoms with E-state index in [0.29, 0.717) is 16.1 Å². The number of halogens is 2. The molecule has 5 nitrogen and oxygen atoms in total. The van der Waals surface area contributed by atoms with Crippen LogP contribution in [0.15, 0.2) is 16.6 Å². The highest BCUT2D eigenvalue weighted by Crippen LogP contribution is 2.47. The molecule has 2 heterocycles. The lowest BCUT2D eigenvalue weighted by atomic mass is 9.88. The van der Waals surface area contributed by atoms with Crippen LogP contribution in [0.1, 0.15) is 35.5 Å². The molecule has 1 aromatic heterocycles. The predicted octanol–water partition coefficient (Wildman–Crippen LogP) is 4.12. The van der Waals surface area contributed by atoms with Gasteiger partial charge in [-0.2, -0.15) is 0 Å². The van der Waals surface area contributed by atoms with Crippen molar-refractivity contribution in [3.05, 3.63) is 32.3 Å². The Hall–Kier alpha value is -1.51. The zero-order valence-corrected chi connectivity index (χ0v) is 16.3. The van der Waals surface area contributed by atoms with Gasteiger partial charge >= 0.3 is 5.97 Å². The highest BCUT2D eigenvalue weighted by atomic mass is 79.9. The SMILES string of the molecule is CCOC(=O)c1nc2c(s1)C(O)(C(C)C)COc1cc(F)c(Br)cc1-2. The Morgan fingerprint density at radius 3 is 2.92 bits per heavy atom. The van der Waals surface area contributed by atoms with Crippen molar-refractivity contribution in [2.45, 2.75) is 26.4 Å². The minimum Gasteiger partial charge on any atom is -0.489 e. The maximum atomic E-state index is 13.9. The van der Waals surface area contributed by atoms with Gasteiger partial charge in [0.1, 0.15) is 23.8 Å². The summed E-state index contributed by atoms with van der Waals surface area (Å²) in [6, 6.07) is 2.79. The molecule has 3 rings (SSSR count). The molecule has 0 radical (unpaired) electrons. The van der Waals surface area contributed by atoms with E-state index in [4.69, 9.17) is 9.47 Å². The van der Waals surface area contributed by atoms with Crippen LogP contribution in [0.3, 0.4) is 0 Å². The molecule has 8 heteroatoms. The van der Waals surface area contributed by atoms with Crippen molar-refractivity contribution in [2.24, 2.45) is 5.92 Å². The molecule has 1 atom stereocenters. The van der Waals surface area contributed by atoms with Crippen LogP contribution in [0.4, 0.5) is 4.39 Å². The molecule has 134 valence electrons. The molecule has 1 N–H and O–H groups in total. The molecule has 0 bridgehead atoms. The van der Waals surface area contributed by atoms with Crippen LogP contribution in [0, 0.1) is 11.7 Å². The number of aliphatic hydroxyl groups is 1. The number of ether oxygens (including phenoxy) is 2. The molecular weight excluding hydrogens is 413 g/mol. The van der Waals surface area contributed by atoms with Crippen LogP contribution in [0.25, 0.3) is 11.3 Å². The number of carbonyl (C=O) groups is 1. The van der Waals surface area contributed by atoms with Crippen LogP contribution in [-0.4, -0.2) is 29.3 Å². The van der Waals surface area contributed by atoms with Crippen molar-refractivity contribution in [3.63, 3.8) is 0 Å². The van der Waals surface area contributed by atoms with Crippen molar-refractivity contribution < 1.29 is 23.8 Å². The summed E-state index contributed by atoms with van der Waals surface area (Å²) < 4.78 is 24.9. The van der Waals surface area contributed by atoms with Gasteiger partial charge in [0.25, 0.3) is 0 Å². The highest BCUT2D eigenvalue weighted by Gasteiger charge is 2.42. The quantitative estimate of drug-likeness (QED) is 0.742. The fourth-order valence-electron chi connectivity index (χ4n) is 2.59. The summed E-state index contributed by atoms with van der Waals surface area (Å²) in [5.74, 6) is -0.949. The van der Waals surface area contributed by atoms with Crippen LogP contribution in [0.2, 0.25) is 0 Å². The number of hydrogen-bond acceptors (Lipinski definition) is 6. The molecular formula is C17H17BrFNO4S. The number of esters is 1. The molecule has 1 aliphatic heterocycles. The molecule has 0 amide bonds. The Bertz CT molecular complexity index is 838. The molecule has 0 fully saturated rings. The topological polar surface area (TPSA) is 68.7 Å². The predicted molar refractivity (Wildman–Crippen MR) is 95.4 cm³/mol. The molecule has 2 aromatic rings. The Morgan fingerprint density at radius 2 is 2.28 bits per heavy atom. The summed E-state index contributed by atoms with van der Waals surface area (Å²) in [5, 5.41) is 11.4. The minimum absolute atomic E-state index is 0.0593. The molecule has 0 saturated heterocycles. The second kappa shape index (κ2) is 6.66. The first-order valence-corrected chi connectivity index (χ1v) is 9.41. The lowest BCUT2D eigenvalue weighted by molar-refractivity contribution is -0.0436. The Kier molecular flexibility index (Phi) is 4.87. The van der Waals surface area contributed by atoms with Crippen LogP contribution >= 0.6 is 27.3 Å². The van der Waals surface area contributed by atoms with Crippen LogP contribution in [-0.2, 0) is 10.3 Å². The average Bonchev–Trinajstić information content (AvgIpc) is 2.97. The number of aromatic nitrogens is 1. The normalized spacial score (nSPS) is 19.0. The molecule has 0 aliphatic carbocycles. The number of fused-ring (bicyclic) bond motifs is 3. The maximum absolute atomic E-state index is 13.9. The highest BCUT2D eigenvalue weighted by molar-refractivity contribution is 9.10. The number of nitrogens with zero attached hydrogens (tertiary/aromatic N) is 1. The molecule has 0 spiro atoms. The fourth-order valence-corrected chi connectivity index (χ4v) is 4.13. The molecule has 25 heavy (non-hydrogen) atoms. The third-order valence-electron chi connectivity index (χ3n) is 4.15. The third-order valence-corrected chi connectivity index (χ3v) is 5.96. The number of rotatable bonds is 3. The third kappa shape index (κ3) is 3.07. The van der Waals surface area contributed by atoms with Gasteiger partial charge in [0.05, 0.1) is 21.7 Å². The summed E-state index contributed by atoms with van der Waals surface area (Å²) in [6.07, 6.45) is 0. The zero-order chi connectivity index (χ0) is 18.4. The second-order valence-corrected chi connectivity index (χ2v) is 7.90. The fraction of sp³-hybridized carbons (Fsp3) is 0.412. The van der Waals surface area contributed by atoms with Gasteiger partial charge in [0.15, 0.2) is 0 Å². The van der Waals surface area contributed by atoms with Gasteiger partial charge in [0, 0.05) is 11.6 Å². The molecule has 1 aliphatic rings. The maximum Gasteiger partial charge on any atom is 0.367 e. The van der Waals surface area contributed by atoms with E-state index in [1.165, 1.54) is 6.07 Å². The Balaban J connectivity index is 2.25. The number of thiazole rings is 1. The van der Waals surface area contributed by atoms with Crippen molar-refractivity contribution in [1.29, 1.82) is 0 Å². The number of benzene rings is 1. The van der Waals surface area contributed by atoms with E-state index in [2.05, 4.69) is 20.9 Å². The largest absolute Gasteiger partial charge is 0.489 e. The summed E-state index contributed by atoms with van der Waals surface area (Å²) in [7, 11) is 0. The minimum atomic E-state index is -1.35. The van der Waals surface area contributed by atoms with E-state index < -0.39 is 17.4 Å². The van der Waals surface area contributed by atoms with E-state index >= 15 is 0 Å². The molecule has 1 aromatic carbocycles. The summed E-state index contributed by atoms with van der Waals surface area (Å²) in [6.45, 7) is 5.58. The second-order valence-electron chi connectivity index (χ2n) is 6.05. The van der Waals surface area contributed by atoms with E-state index in [0.717, 1.165) is 11.3 Å². The summed E-state index contributed by atoms with van der Waals surface area (Å²) in [5.41, 5.74) is -0.413. The van der Waals surface area contributed by atoms with Gasteiger partial charge < -0.3 is 14.6 Å². The lowest BCUT2D eigenvalue weighted by Crippen LogP contribution is -2.37. The van der Waals surface area contributed by atoms with Gasteiger partial charge in [0.2, 0.25) is 5.01 Å². The Labute approximate surface area is 156 Å². The first-order valence-electron chi connectivity index (χ1n) is 7.81. The smallest absolute Gasteiger partial charge is 0.367 e. The zero-order valence-electron chi connectivity index (χ0n) is 13.9. The average molecular weight is 430 g/mol. The van der Waals surface area contributed by atoms with E-state index in [1.54, 1.807) is 13.0 Å². The molecule has 1 unspecified atom stereocenters. The van der Waals surface area contributed by atoms with Gasteiger partial charge in [-0.15, -0.1) is 11.3 Å². The molecule has 0 saturated carbocycles. The van der Waals surface area contributed by atoms with E-state index in [-0.39, 0.29) is 34.4 Å². The first-order chi connectivity index (χ1) is 11.8. The van der Waals surface area contributed by atoms with Crippen LogP contribution in [0.5, 0.6) is 5.75 Å². The van der Waals surface area contributed by atoms with Gasteiger partial charge in [-0.3, -0.25) is 0 Å². The monoisotopic (exact) mass is 429 g/mol. The van der Waals surface area contributed by atoms with Gasteiger partial charge in [-0.05, 0) is 34.8 Å². The van der Waals surface area contributed by atoms with Gasteiger partial charge in [-0.25, -0.2) is 14.2 Å².